The average molecular weight is 317 g/mol. The fraction of sp³-hybridized carbons (Fsp3) is 0.333. The van der Waals surface area contributed by atoms with Crippen molar-refractivity contribution in [3.05, 3.63) is 71.3 Å². The molecule has 4 rings (SSSR count). The summed E-state index contributed by atoms with van der Waals surface area (Å²) in [5.74, 6) is 1.36. The van der Waals surface area contributed by atoms with E-state index in [1.807, 2.05) is 6.20 Å². The molecule has 24 heavy (non-hydrogen) atoms. The average Bonchev–Trinajstić information content (AvgIpc) is 2.61. The molecule has 2 aromatic carbocycles. The quantitative estimate of drug-likeness (QED) is 0.721. The fourth-order valence-corrected chi connectivity index (χ4v) is 3.47. The maximum absolute atomic E-state index is 4.77. The largest absolute Gasteiger partial charge is 0.294 e. The van der Waals surface area contributed by atoms with Crippen LogP contribution in [0.15, 0.2) is 48.7 Å². The first-order valence-electron chi connectivity index (χ1n) is 8.74. The van der Waals surface area contributed by atoms with Gasteiger partial charge in [-0.1, -0.05) is 56.3 Å². The highest BCUT2D eigenvalue weighted by molar-refractivity contribution is 5.85. The Balaban J connectivity index is 1.57. The zero-order valence-electron chi connectivity index (χ0n) is 14.4. The van der Waals surface area contributed by atoms with Crippen LogP contribution in [0.3, 0.4) is 0 Å². The molecular formula is C21H23N3. The van der Waals surface area contributed by atoms with Crippen LogP contribution in [-0.4, -0.2) is 21.4 Å². The molecule has 2 heterocycles. The Morgan fingerprint density at radius 1 is 1.08 bits per heavy atom. The topological polar surface area (TPSA) is 29.0 Å². The second-order valence-corrected chi connectivity index (χ2v) is 6.95. The Kier molecular flexibility index (Phi) is 4.03. The lowest BCUT2D eigenvalue weighted by Crippen LogP contribution is -2.31. The first kappa shape index (κ1) is 15.3. The molecule has 3 aromatic rings. The summed E-state index contributed by atoms with van der Waals surface area (Å²) in [5, 5.41) is 2.68. The van der Waals surface area contributed by atoms with Gasteiger partial charge in [0.25, 0.3) is 0 Å². The van der Waals surface area contributed by atoms with Gasteiger partial charge in [0.05, 0.1) is 0 Å². The standard InChI is InChI=1S/C21H23N3/c1-15(2)21-22-12-18-14-24(11-10-20(18)23-21)13-17-8-5-7-16-6-3-4-9-19(16)17/h3-9,12,15H,10-11,13-14H2,1-2H3. The van der Waals surface area contributed by atoms with Crippen LogP contribution in [-0.2, 0) is 19.5 Å². The molecule has 0 fully saturated rings. The number of hydrogen-bond donors (Lipinski definition) is 0. The summed E-state index contributed by atoms with van der Waals surface area (Å²) in [5.41, 5.74) is 3.92. The van der Waals surface area contributed by atoms with Crippen LogP contribution in [0.1, 0.15) is 42.4 Å². The summed E-state index contributed by atoms with van der Waals surface area (Å²) in [6, 6.07) is 15.2. The molecule has 0 bridgehead atoms. The van der Waals surface area contributed by atoms with Crippen LogP contribution in [0.25, 0.3) is 10.8 Å². The molecule has 0 saturated carbocycles. The van der Waals surface area contributed by atoms with Crippen LogP contribution in [0.4, 0.5) is 0 Å². The fourth-order valence-electron chi connectivity index (χ4n) is 3.47. The van der Waals surface area contributed by atoms with Crippen molar-refractivity contribution in [2.45, 2.75) is 39.3 Å². The molecule has 0 unspecified atom stereocenters. The summed E-state index contributed by atoms with van der Waals surface area (Å²) in [6.07, 6.45) is 3.05. The third-order valence-corrected chi connectivity index (χ3v) is 4.82. The van der Waals surface area contributed by atoms with Crippen LogP contribution in [0, 0.1) is 0 Å². The molecular weight excluding hydrogens is 294 g/mol. The Morgan fingerprint density at radius 3 is 2.79 bits per heavy atom. The van der Waals surface area contributed by atoms with Crippen LogP contribution in [0.2, 0.25) is 0 Å². The lowest BCUT2D eigenvalue weighted by molar-refractivity contribution is 0.243. The first-order valence-corrected chi connectivity index (χ1v) is 8.74. The van der Waals surface area contributed by atoms with Crippen molar-refractivity contribution in [1.82, 2.24) is 14.9 Å². The van der Waals surface area contributed by atoms with Crippen molar-refractivity contribution in [3.63, 3.8) is 0 Å². The van der Waals surface area contributed by atoms with Crippen LogP contribution >= 0.6 is 0 Å². The maximum atomic E-state index is 4.77. The number of fused-ring (bicyclic) bond motifs is 2. The van der Waals surface area contributed by atoms with Gasteiger partial charge in [0.15, 0.2) is 0 Å². The van der Waals surface area contributed by atoms with Crippen molar-refractivity contribution < 1.29 is 0 Å². The monoisotopic (exact) mass is 317 g/mol. The van der Waals surface area contributed by atoms with E-state index >= 15 is 0 Å². The predicted molar refractivity (Wildman–Crippen MR) is 97.9 cm³/mol. The Hall–Kier alpha value is -2.26. The number of aromatic nitrogens is 2. The molecule has 0 spiro atoms. The molecule has 1 aliphatic heterocycles. The highest BCUT2D eigenvalue weighted by atomic mass is 15.1. The summed E-state index contributed by atoms with van der Waals surface area (Å²) in [7, 11) is 0. The molecule has 122 valence electrons. The molecule has 1 aliphatic rings. The maximum Gasteiger partial charge on any atom is 0.131 e. The van der Waals surface area contributed by atoms with Crippen molar-refractivity contribution in [2.24, 2.45) is 0 Å². The summed E-state index contributed by atoms with van der Waals surface area (Å²) >= 11 is 0. The molecule has 3 nitrogen and oxygen atoms in total. The van der Waals surface area contributed by atoms with Crippen LogP contribution < -0.4 is 0 Å². The second-order valence-electron chi connectivity index (χ2n) is 6.95. The molecule has 0 radical (unpaired) electrons. The van der Waals surface area contributed by atoms with Gasteiger partial charge in [-0.25, -0.2) is 9.97 Å². The molecule has 3 heteroatoms. The Morgan fingerprint density at radius 2 is 1.92 bits per heavy atom. The minimum atomic E-state index is 0.393. The van der Waals surface area contributed by atoms with Crippen molar-refractivity contribution in [2.75, 3.05) is 6.54 Å². The van der Waals surface area contributed by atoms with Gasteiger partial charge in [0.1, 0.15) is 5.82 Å². The predicted octanol–water partition coefficient (Wildman–Crippen LogP) is 4.31. The first-order chi connectivity index (χ1) is 11.7. The molecule has 0 N–H and O–H groups in total. The zero-order chi connectivity index (χ0) is 16.5. The smallest absolute Gasteiger partial charge is 0.131 e. The SMILES string of the molecule is CC(C)c1ncc2c(n1)CCN(Cc1cccc3ccccc13)C2. The van der Waals surface area contributed by atoms with E-state index < -0.39 is 0 Å². The van der Waals surface area contributed by atoms with Gasteiger partial charge in [-0.3, -0.25) is 4.90 Å². The highest BCUT2D eigenvalue weighted by Gasteiger charge is 2.19. The number of benzene rings is 2. The van der Waals surface area contributed by atoms with Gasteiger partial charge in [-0.15, -0.1) is 0 Å². The minimum Gasteiger partial charge on any atom is -0.294 e. The van der Waals surface area contributed by atoms with Crippen molar-refractivity contribution in [3.8, 4) is 0 Å². The number of rotatable bonds is 3. The Labute approximate surface area is 143 Å². The molecule has 0 saturated heterocycles. The van der Waals surface area contributed by atoms with Crippen molar-refractivity contribution >= 4 is 10.8 Å². The van der Waals surface area contributed by atoms with E-state index in [0.29, 0.717) is 5.92 Å². The zero-order valence-corrected chi connectivity index (χ0v) is 14.4. The summed E-state index contributed by atoms with van der Waals surface area (Å²) in [6.45, 7) is 7.28. The summed E-state index contributed by atoms with van der Waals surface area (Å²) in [4.78, 5) is 11.8. The van der Waals surface area contributed by atoms with Crippen molar-refractivity contribution in [1.29, 1.82) is 0 Å². The van der Waals surface area contributed by atoms with E-state index in [9.17, 15) is 0 Å². The summed E-state index contributed by atoms with van der Waals surface area (Å²) < 4.78 is 0. The van der Waals surface area contributed by atoms with Gasteiger partial charge >= 0.3 is 0 Å². The molecule has 1 aromatic heterocycles. The molecule has 0 atom stereocenters. The van der Waals surface area contributed by atoms with Gasteiger partial charge in [0.2, 0.25) is 0 Å². The third kappa shape index (κ3) is 2.92. The molecule has 0 aliphatic carbocycles. The van der Waals surface area contributed by atoms with Crippen LogP contribution in [0.5, 0.6) is 0 Å². The van der Waals surface area contributed by atoms with E-state index in [1.165, 1.54) is 27.6 Å². The van der Waals surface area contributed by atoms with E-state index in [-0.39, 0.29) is 0 Å². The van der Waals surface area contributed by atoms with Gasteiger partial charge in [-0.05, 0) is 16.3 Å². The normalized spacial score (nSPS) is 15.0. The van der Waals surface area contributed by atoms with E-state index in [0.717, 1.165) is 31.9 Å². The van der Waals surface area contributed by atoms with Gasteiger partial charge < -0.3 is 0 Å². The lowest BCUT2D eigenvalue weighted by Gasteiger charge is -2.28. The Bertz CT molecular complexity index is 865. The highest BCUT2D eigenvalue weighted by Crippen LogP contribution is 2.24. The second kappa shape index (κ2) is 6.33. The van der Waals surface area contributed by atoms with E-state index in [2.05, 4.69) is 66.2 Å². The lowest BCUT2D eigenvalue weighted by atomic mass is 10.0. The minimum absolute atomic E-state index is 0.393. The van der Waals surface area contributed by atoms with Gasteiger partial charge in [-0.2, -0.15) is 0 Å². The van der Waals surface area contributed by atoms with Gasteiger partial charge in [0, 0.05) is 49.4 Å². The van der Waals surface area contributed by atoms with E-state index in [4.69, 9.17) is 4.98 Å². The van der Waals surface area contributed by atoms with E-state index in [1.54, 1.807) is 0 Å². The number of hydrogen-bond acceptors (Lipinski definition) is 3. The third-order valence-electron chi connectivity index (χ3n) is 4.82. The number of nitrogens with zero attached hydrogens (tertiary/aromatic N) is 3. The molecule has 0 amide bonds.